The molecule has 0 amide bonds. The van der Waals surface area contributed by atoms with E-state index in [4.69, 9.17) is 14.2 Å². The first-order chi connectivity index (χ1) is 36.0. The highest BCUT2D eigenvalue weighted by Crippen LogP contribution is 2.17. The van der Waals surface area contributed by atoms with Crippen molar-refractivity contribution in [2.75, 3.05) is 13.2 Å². The van der Waals surface area contributed by atoms with E-state index in [-0.39, 0.29) is 31.1 Å². The number of esters is 3. The van der Waals surface area contributed by atoms with Gasteiger partial charge in [0.25, 0.3) is 0 Å². The van der Waals surface area contributed by atoms with Crippen molar-refractivity contribution in [3.63, 3.8) is 0 Å². The van der Waals surface area contributed by atoms with Gasteiger partial charge in [-0.15, -0.1) is 0 Å². The molecule has 0 aromatic carbocycles. The summed E-state index contributed by atoms with van der Waals surface area (Å²) in [5.41, 5.74) is 0. The molecule has 0 heterocycles. The molecule has 1 atom stereocenters. The van der Waals surface area contributed by atoms with E-state index in [1.807, 2.05) is 0 Å². The first-order valence-electron chi connectivity index (χ1n) is 31.1. The molecular weight excluding hydrogens is 901 g/mol. The summed E-state index contributed by atoms with van der Waals surface area (Å²) in [4.78, 5) is 38.0. The van der Waals surface area contributed by atoms with Gasteiger partial charge in [-0.1, -0.05) is 292 Å². The predicted octanol–water partition coefficient (Wildman–Crippen LogP) is 21.1. The van der Waals surface area contributed by atoms with E-state index < -0.39 is 6.10 Å². The van der Waals surface area contributed by atoms with Crippen molar-refractivity contribution in [2.45, 2.75) is 309 Å². The van der Waals surface area contributed by atoms with Gasteiger partial charge in [-0.2, -0.15) is 0 Å². The third-order valence-electron chi connectivity index (χ3n) is 13.4. The summed E-state index contributed by atoms with van der Waals surface area (Å²) in [6, 6.07) is 0. The van der Waals surface area contributed by atoms with Crippen LogP contribution in [0.15, 0.2) is 85.1 Å². The molecule has 0 saturated heterocycles. The zero-order valence-corrected chi connectivity index (χ0v) is 48.1. The van der Waals surface area contributed by atoms with Crippen molar-refractivity contribution in [1.29, 1.82) is 0 Å². The molecule has 0 radical (unpaired) electrons. The van der Waals surface area contributed by atoms with Crippen LogP contribution in [0.5, 0.6) is 0 Å². The Morgan fingerprint density at radius 2 is 0.534 bits per heavy atom. The summed E-state index contributed by atoms with van der Waals surface area (Å²) in [5, 5.41) is 0. The molecule has 0 aromatic rings. The van der Waals surface area contributed by atoms with Crippen LogP contribution in [-0.4, -0.2) is 37.2 Å². The van der Waals surface area contributed by atoms with E-state index in [0.717, 1.165) is 109 Å². The topological polar surface area (TPSA) is 78.9 Å². The Bertz CT molecular complexity index is 1400. The minimum atomic E-state index is -0.787. The average Bonchev–Trinajstić information content (AvgIpc) is 3.39. The lowest BCUT2D eigenvalue weighted by Gasteiger charge is -2.18. The molecule has 0 rings (SSSR count). The summed E-state index contributed by atoms with van der Waals surface area (Å²) in [6.45, 7) is 6.49. The lowest BCUT2D eigenvalue weighted by Crippen LogP contribution is -2.30. The van der Waals surface area contributed by atoms with Crippen LogP contribution >= 0.6 is 0 Å². The Labute approximate surface area is 452 Å². The number of carbonyl (C=O) groups is 3. The molecule has 73 heavy (non-hydrogen) atoms. The molecule has 0 saturated carbocycles. The molecule has 0 bridgehead atoms. The highest BCUT2D eigenvalue weighted by atomic mass is 16.6. The maximum atomic E-state index is 12.9. The molecule has 0 fully saturated rings. The smallest absolute Gasteiger partial charge is 0.306 e. The number of unbranched alkanes of at least 4 members (excludes halogenated alkanes) is 31. The van der Waals surface area contributed by atoms with Crippen LogP contribution in [0.4, 0.5) is 0 Å². The zero-order valence-electron chi connectivity index (χ0n) is 48.1. The molecule has 1 unspecified atom stereocenters. The van der Waals surface area contributed by atoms with E-state index in [2.05, 4.69) is 106 Å². The average molecular weight is 1020 g/mol. The van der Waals surface area contributed by atoms with Gasteiger partial charge in [0.1, 0.15) is 13.2 Å². The second-order valence-corrected chi connectivity index (χ2v) is 20.6. The van der Waals surface area contributed by atoms with Crippen molar-refractivity contribution in [1.82, 2.24) is 0 Å². The summed E-state index contributed by atoms with van der Waals surface area (Å²) in [7, 11) is 0. The van der Waals surface area contributed by atoms with Gasteiger partial charge in [0.2, 0.25) is 0 Å². The normalized spacial score (nSPS) is 12.6. The first-order valence-corrected chi connectivity index (χ1v) is 31.1. The maximum Gasteiger partial charge on any atom is 0.306 e. The van der Waals surface area contributed by atoms with Crippen LogP contribution in [0.2, 0.25) is 0 Å². The van der Waals surface area contributed by atoms with Gasteiger partial charge in [0, 0.05) is 19.3 Å². The van der Waals surface area contributed by atoms with Crippen LogP contribution in [0, 0.1) is 0 Å². The Balaban J connectivity index is 4.21. The second-order valence-electron chi connectivity index (χ2n) is 20.6. The monoisotopic (exact) mass is 1020 g/mol. The fraction of sp³-hybridized carbons (Fsp3) is 0.746. The van der Waals surface area contributed by atoms with E-state index in [1.165, 1.54) is 154 Å². The molecule has 0 aliphatic carbocycles. The number of ether oxygens (including phenoxy) is 3. The Kier molecular flexibility index (Phi) is 58.3. The first kappa shape index (κ1) is 69.6. The van der Waals surface area contributed by atoms with Crippen molar-refractivity contribution < 1.29 is 28.6 Å². The minimum absolute atomic E-state index is 0.0847. The number of allylic oxidation sites excluding steroid dienone is 14. The number of rotatable bonds is 56. The maximum absolute atomic E-state index is 12.9. The van der Waals surface area contributed by atoms with Crippen LogP contribution in [0.25, 0.3) is 0 Å². The molecule has 0 aliphatic heterocycles. The molecule has 6 nitrogen and oxygen atoms in total. The Morgan fingerprint density at radius 1 is 0.288 bits per heavy atom. The largest absolute Gasteiger partial charge is 0.462 e. The quantitative estimate of drug-likeness (QED) is 0.0261. The van der Waals surface area contributed by atoms with E-state index in [1.54, 1.807) is 0 Å². The minimum Gasteiger partial charge on any atom is -0.462 e. The molecule has 0 aromatic heterocycles. The highest BCUT2D eigenvalue weighted by Gasteiger charge is 2.19. The summed E-state index contributed by atoms with van der Waals surface area (Å²) in [6.07, 6.45) is 80.4. The highest BCUT2D eigenvalue weighted by molar-refractivity contribution is 5.71. The third kappa shape index (κ3) is 59.3. The van der Waals surface area contributed by atoms with Crippen LogP contribution in [0.1, 0.15) is 303 Å². The lowest BCUT2D eigenvalue weighted by molar-refractivity contribution is -0.167. The predicted molar refractivity (Wildman–Crippen MR) is 316 cm³/mol. The second kappa shape index (κ2) is 61.1. The van der Waals surface area contributed by atoms with Crippen molar-refractivity contribution in [3.05, 3.63) is 85.1 Å². The van der Waals surface area contributed by atoms with Crippen molar-refractivity contribution >= 4 is 17.9 Å². The number of hydrogen-bond donors (Lipinski definition) is 0. The zero-order chi connectivity index (χ0) is 52.9. The van der Waals surface area contributed by atoms with Gasteiger partial charge in [-0.05, 0) is 77.0 Å². The fourth-order valence-electron chi connectivity index (χ4n) is 8.78. The van der Waals surface area contributed by atoms with Gasteiger partial charge in [-0.25, -0.2) is 0 Å². The van der Waals surface area contributed by atoms with Crippen LogP contribution < -0.4 is 0 Å². The molecule has 420 valence electrons. The Morgan fingerprint density at radius 3 is 0.836 bits per heavy atom. The van der Waals surface area contributed by atoms with Crippen molar-refractivity contribution in [2.24, 2.45) is 0 Å². The molecule has 0 aliphatic rings. The Hall–Kier alpha value is -3.41. The van der Waals surface area contributed by atoms with Crippen LogP contribution in [0.3, 0.4) is 0 Å². The summed E-state index contributed by atoms with van der Waals surface area (Å²) < 4.78 is 16.8. The van der Waals surface area contributed by atoms with E-state index in [9.17, 15) is 14.4 Å². The van der Waals surface area contributed by atoms with Crippen molar-refractivity contribution in [3.8, 4) is 0 Å². The molecule has 0 spiro atoms. The SMILES string of the molecule is CC/C=C\C/C=C\C/C=C\C/C=C\C/C=C\C/C=C\C/C=C\CCCCCC(=O)OCC(COC(=O)CCCCCCCCC)OC(=O)CCCCCCCCCCCCCCCCCCCCCCCCC. The van der Waals surface area contributed by atoms with E-state index in [0.29, 0.717) is 19.3 Å². The third-order valence-corrected chi connectivity index (χ3v) is 13.4. The fourth-order valence-corrected chi connectivity index (χ4v) is 8.78. The molecule has 6 heteroatoms. The summed E-state index contributed by atoms with van der Waals surface area (Å²) in [5.74, 6) is -0.915. The standard InChI is InChI=1S/C67H116O6/c1-4-7-10-13-16-18-20-22-24-26-28-30-32-33-35-36-38-40-42-44-46-48-51-54-57-60-66(69)72-63-64(62-71-65(68)59-56-53-50-15-12-9-6-3)73-67(70)61-58-55-52-49-47-45-43-41-39-37-34-31-29-27-25-23-21-19-17-14-11-8-5-2/h7,10,16,18,22,24,28,30,33,35,38,40,44,46,64H,4-6,8-9,11-15,17,19-21,23,25-27,29,31-32,34,36-37,39,41-43,45,47-63H2,1-3H3/b10-7-,18-16-,24-22-,30-28-,35-33-,40-38-,46-44-. The number of hydrogen-bond acceptors (Lipinski definition) is 6. The van der Waals surface area contributed by atoms with Gasteiger partial charge >= 0.3 is 17.9 Å². The lowest BCUT2D eigenvalue weighted by atomic mass is 10.0. The van der Waals surface area contributed by atoms with Crippen LogP contribution in [-0.2, 0) is 28.6 Å². The molecular formula is C67H116O6. The van der Waals surface area contributed by atoms with E-state index >= 15 is 0 Å². The van der Waals surface area contributed by atoms with Gasteiger partial charge < -0.3 is 14.2 Å². The number of carbonyl (C=O) groups excluding carboxylic acids is 3. The van der Waals surface area contributed by atoms with Gasteiger partial charge in [0.15, 0.2) is 6.10 Å². The molecule has 0 N–H and O–H groups in total. The summed E-state index contributed by atoms with van der Waals surface area (Å²) >= 11 is 0. The van der Waals surface area contributed by atoms with Gasteiger partial charge in [0.05, 0.1) is 0 Å². The van der Waals surface area contributed by atoms with Gasteiger partial charge in [-0.3, -0.25) is 14.4 Å².